The van der Waals surface area contributed by atoms with Gasteiger partial charge in [0.15, 0.2) is 0 Å². The van der Waals surface area contributed by atoms with Crippen molar-refractivity contribution < 1.29 is 17.9 Å². The van der Waals surface area contributed by atoms with Crippen molar-refractivity contribution in [3.05, 3.63) is 60.2 Å². The van der Waals surface area contributed by atoms with E-state index in [-0.39, 0.29) is 5.75 Å². The molecule has 0 amide bonds. The van der Waals surface area contributed by atoms with Gasteiger partial charge in [0.25, 0.3) is 0 Å². The summed E-state index contributed by atoms with van der Waals surface area (Å²) in [5.41, 5.74) is -0.689. The molecular formula is C15H13F3OS. The predicted molar refractivity (Wildman–Crippen MR) is 74.1 cm³/mol. The molecule has 0 saturated carbocycles. The second kappa shape index (κ2) is 6.70. The lowest BCUT2D eigenvalue weighted by atomic mass is 10.2. The summed E-state index contributed by atoms with van der Waals surface area (Å²) in [6.45, 7) is 0.362. The Hall–Kier alpha value is -1.62. The number of hydrogen-bond acceptors (Lipinski definition) is 2. The highest BCUT2D eigenvalue weighted by molar-refractivity contribution is 7.99. The van der Waals surface area contributed by atoms with E-state index < -0.39 is 11.7 Å². The zero-order valence-electron chi connectivity index (χ0n) is 10.6. The highest BCUT2D eigenvalue weighted by Gasteiger charge is 2.30. The molecule has 0 unspecified atom stereocenters. The van der Waals surface area contributed by atoms with Gasteiger partial charge in [-0.1, -0.05) is 24.3 Å². The van der Waals surface area contributed by atoms with Gasteiger partial charge in [-0.25, -0.2) is 0 Å². The van der Waals surface area contributed by atoms with Gasteiger partial charge in [-0.2, -0.15) is 13.2 Å². The van der Waals surface area contributed by atoms with Crippen LogP contribution in [0.1, 0.15) is 5.56 Å². The Morgan fingerprint density at radius 2 is 1.70 bits per heavy atom. The van der Waals surface area contributed by atoms with Crippen LogP contribution in [0, 0.1) is 0 Å². The SMILES string of the molecule is FC(F)(F)c1cccc(OCCSc2ccccc2)c1. The first-order chi connectivity index (χ1) is 9.55. The number of halogens is 3. The summed E-state index contributed by atoms with van der Waals surface area (Å²) in [6.07, 6.45) is -4.34. The summed E-state index contributed by atoms with van der Waals surface area (Å²) in [6, 6.07) is 14.7. The summed E-state index contributed by atoms with van der Waals surface area (Å²) < 4.78 is 42.9. The highest BCUT2D eigenvalue weighted by Crippen LogP contribution is 2.31. The van der Waals surface area contributed by atoms with Gasteiger partial charge in [0.05, 0.1) is 12.2 Å². The van der Waals surface area contributed by atoms with E-state index in [0.29, 0.717) is 12.4 Å². The summed E-state index contributed by atoms with van der Waals surface area (Å²) in [5.74, 6) is 0.925. The third kappa shape index (κ3) is 4.49. The Labute approximate surface area is 119 Å². The lowest BCUT2D eigenvalue weighted by molar-refractivity contribution is -0.137. The fraction of sp³-hybridized carbons (Fsp3) is 0.200. The van der Waals surface area contributed by atoms with Crippen molar-refractivity contribution in [2.45, 2.75) is 11.1 Å². The Morgan fingerprint density at radius 3 is 2.40 bits per heavy atom. The number of hydrogen-bond donors (Lipinski definition) is 0. The Bertz CT molecular complexity index is 540. The molecule has 0 aliphatic carbocycles. The van der Waals surface area contributed by atoms with Crippen LogP contribution in [0.2, 0.25) is 0 Å². The Balaban J connectivity index is 1.83. The average Bonchev–Trinajstić information content (AvgIpc) is 2.44. The molecule has 0 saturated heterocycles. The van der Waals surface area contributed by atoms with Gasteiger partial charge in [0.2, 0.25) is 0 Å². The van der Waals surface area contributed by atoms with Crippen LogP contribution in [-0.2, 0) is 6.18 Å². The quantitative estimate of drug-likeness (QED) is 0.575. The predicted octanol–water partition coefficient (Wildman–Crippen LogP) is 4.88. The molecule has 2 aromatic rings. The molecule has 5 heteroatoms. The van der Waals surface area contributed by atoms with Gasteiger partial charge in [-0.05, 0) is 30.3 Å². The number of thioether (sulfide) groups is 1. The normalized spacial score (nSPS) is 11.3. The van der Waals surface area contributed by atoms with Crippen LogP contribution in [-0.4, -0.2) is 12.4 Å². The van der Waals surface area contributed by atoms with E-state index in [1.165, 1.54) is 12.1 Å². The molecule has 0 bridgehead atoms. The molecule has 0 heterocycles. The fourth-order valence-electron chi connectivity index (χ4n) is 1.60. The number of alkyl halides is 3. The zero-order valence-corrected chi connectivity index (χ0v) is 11.4. The van der Waals surface area contributed by atoms with Crippen molar-refractivity contribution in [3.63, 3.8) is 0 Å². The van der Waals surface area contributed by atoms with Gasteiger partial charge in [0.1, 0.15) is 5.75 Å². The topological polar surface area (TPSA) is 9.23 Å². The van der Waals surface area contributed by atoms with E-state index in [2.05, 4.69) is 0 Å². The third-order valence-corrected chi connectivity index (χ3v) is 3.50. The van der Waals surface area contributed by atoms with Gasteiger partial charge in [-0.15, -0.1) is 11.8 Å². The van der Waals surface area contributed by atoms with Crippen LogP contribution in [0.3, 0.4) is 0 Å². The number of rotatable bonds is 5. The molecule has 0 aliphatic heterocycles. The van der Waals surface area contributed by atoms with E-state index in [9.17, 15) is 13.2 Å². The summed E-state index contributed by atoms with van der Waals surface area (Å²) in [7, 11) is 0. The second-order valence-electron chi connectivity index (χ2n) is 4.04. The van der Waals surface area contributed by atoms with Crippen LogP contribution >= 0.6 is 11.8 Å². The van der Waals surface area contributed by atoms with Crippen LogP contribution in [0.5, 0.6) is 5.75 Å². The van der Waals surface area contributed by atoms with Crippen molar-refractivity contribution in [2.24, 2.45) is 0 Å². The third-order valence-electron chi connectivity index (χ3n) is 2.53. The van der Waals surface area contributed by atoms with Crippen LogP contribution in [0.15, 0.2) is 59.5 Å². The molecule has 0 atom stereocenters. The minimum absolute atomic E-state index is 0.244. The van der Waals surface area contributed by atoms with Crippen LogP contribution < -0.4 is 4.74 Å². The minimum atomic E-state index is -4.34. The van der Waals surface area contributed by atoms with Crippen LogP contribution in [0.25, 0.3) is 0 Å². The van der Waals surface area contributed by atoms with E-state index in [0.717, 1.165) is 17.0 Å². The largest absolute Gasteiger partial charge is 0.493 e. The number of ether oxygens (including phenoxy) is 1. The van der Waals surface area contributed by atoms with Crippen molar-refractivity contribution in [2.75, 3.05) is 12.4 Å². The van der Waals surface area contributed by atoms with Gasteiger partial charge < -0.3 is 4.74 Å². The molecular weight excluding hydrogens is 285 g/mol. The fourth-order valence-corrected chi connectivity index (χ4v) is 2.35. The van der Waals surface area contributed by atoms with E-state index >= 15 is 0 Å². The van der Waals surface area contributed by atoms with E-state index in [1.54, 1.807) is 11.8 Å². The van der Waals surface area contributed by atoms with Crippen LogP contribution in [0.4, 0.5) is 13.2 Å². The van der Waals surface area contributed by atoms with Gasteiger partial charge >= 0.3 is 6.18 Å². The van der Waals surface area contributed by atoms with Crippen molar-refractivity contribution in [3.8, 4) is 5.75 Å². The second-order valence-corrected chi connectivity index (χ2v) is 5.20. The lowest BCUT2D eigenvalue weighted by Crippen LogP contribution is -2.06. The minimum Gasteiger partial charge on any atom is -0.493 e. The maximum Gasteiger partial charge on any atom is 0.416 e. The van der Waals surface area contributed by atoms with E-state index in [4.69, 9.17) is 4.74 Å². The van der Waals surface area contributed by atoms with Gasteiger partial charge in [-0.3, -0.25) is 0 Å². The molecule has 2 aromatic carbocycles. The Kier molecular flexibility index (Phi) is 4.95. The van der Waals surface area contributed by atoms with Crippen molar-refractivity contribution >= 4 is 11.8 Å². The molecule has 1 nitrogen and oxygen atoms in total. The molecule has 0 N–H and O–H groups in total. The molecule has 0 fully saturated rings. The van der Waals surface area contributed by atoms with Gasteiger partial charge in [0, 0.05) is 10.6 Å². The highest BCUT2D eigenvalue weighted by atomic mass is 32.2. The molecule has 0 radical (unpaired) electrons. The molecule has 20 heavy (non-hydrogen) atoms. The number of benzene rings is 2. The molecule has 0 aliphatic rings. The molecule has 0 spiro atoms. The molecule has 106 valence electrons. The first-order valence-electron chi connectivity index (χ1n) is 6.03. The maximum atomic E-state index is 12.5. The first kappa shape index (κ1) is 14.8. The van der Waals surface area contributed by atoms with E-state index in [1.807, 2.05) is 30.3 Å². The monoisotopic (exact) mass is 298 g/mol. The zero-order chi connectivity index (χ0) is 14.4. The summed E-state index contributed by atoms with van der Waals surface area (Å²) >= 11 is 1.60. The summed E-state index contributed by atoms with van der Waals surface area (Å²) in [5, 5.41) is 0. The smallest absolute Gasteiger partial charge is 0.416 e. The van der Waals surface area contributed by atoms with Crippen molar-refractivity contribution in [1.29, 1.82) is 0 Å². The average molecular weight is 298 g/mol. The first-order valence-corrected chi connectivity index (χ1v) is 7.02. The lowest BCUT2D eigenvalue weighted by Gasteiger charge is -2.10. The van der Waals surface area contributed by atoms with Crippen molar-refractivity contribution in [1.82, 2.24) is 0 Å². The maximum absolute atomic E-state index is 12.5. The summed E-state index contributed by atoms with van der Waals surface area (Å²) in [4.78, 5) is 1.11. The molecule has 2 rings (SSSR count). The molecule has 0 aromatic heterocycles. The standard InChI is InChI=1S/C15H13F3OS/c16-15(17,18)12-5-4-6-13(11-12)19-9-10-20-14-7-2-1-3-8-14/h1-8,11H,9-10H2. The Morgan fingerprint density at radius 1 is 0.950 bits per heavy atom.